The molecular formula is C26H28BrN5O4S. The number of hydrogen-bond donors (Lipinski definition) is 2. The molecule has 11 heteroatoms. The summed E-state index contributed by atoms with van der Waals surface area (Å²) in [4.78, 5) is 25.6. The Labute approximate surface area is 227 Å². The highest BCUT2D eigenvalue weighted by Gasteiger charge is 2.35. The number of benzene rings is 1. The summed E-state index contributed by atoms with van der Waals surface area (Å²) in [6, 6.07) is 10.6. The van der Waals surface area contributed by atoms with Crippen molar-refractivity contribution in [1.29, 1.82) is 0 Å². The number of amides is 2. The molecule has 1 unspecified atom stereocenters. The van der Waals surface area contributed by atoms with E-state index in [9.17, 15) is 9.59 Å². The van der Waals surface area contributed by atoms with Crippen LogP contribution in [0.15, 0.2) is 68.0 Å². The molecule has 1 saturated carbocycles. The van der Waals surface area contributed by atoms with E-state index in [0.717, 1.165) is 46.7 Å². The van der Waals surface area contributed by atoms with Crippen LogP contribution < -0.4 is 10.6 Å². The van der Waals surface area contributed by atoms with Gasteiger partial charge in [-0.25, -0.2) is 9.59 Å². The van der Waals surface area contributed by atoms with Gasteiger partial charge in [0.2, 0.25) is 0 Å². The lowest BCUT2D eigenvalue weighted by atomic mass is 9.95. The molecule has 1 aliphatic heterocycles. The van der Waals surface area contributed by atoms with Crippen LogP contribution in [0.25, 0.3) is 11.4 Å². The molecule has 0 saturated heterocycles. The first-order chi connectivity index (χ1) is 18.0. The SMILES string of the molecule is CCOC(=O)C1=C(CSc2nnc(-c3ccc(Br)cc3)n2C2CCCCC2)NC(=O)NC1c1ccco1. The Balaban J connectivity index is 1.49. The monoisotopic (exact) mass is 585 g/mol. The number of furan rings is 1. The fourth-order valence-corrected chi connectivity index (χ4v) is 6.07. The molecule has 5 rings (SSSR count). The van der Waals surface area contributed by atoms with Crippen molar-refractivity contribution in [2.24, 2.45) is 0 Å². The lowest BCUT2D eigenvalue weighted by Crippen LogP contribution is -2.46. The third-order valence-electron chi connectivity index (χ3n) is 6.53. The van der Waals surface area contributed by atoms with E-state index in [1.807, 2.05) is 24.3 Å². The minimum Gasteiger partial charge on any atom is -0.467 e. The molecule has 2 aromatic heterocycles. The van der Waals surface area contributed by atoms with Crippen LogP contribution in [0.4, 0.5) is 4.79 Å². The Morgan fingerprint density at radius 2 is 1.97 bits per heavy atom. The van der Waals surface area contributed by atoms with E-state index in [4.69, 9.17) is 9.15 Å². The van der Waals surface area contributed by atoms with Gasteiger partial charge in [0.15, 0.2) is 11.0 Å². The average Bonchev–Trinajstić information content (AvgIpc) is 3.59. The van der Waals surface area contributed by atoms with Crippen LogP contribution in [0, 0.1) is 0 Å². The van der Waals surface area contributed by atoms with Crippen LogP contribution in [-0.4, -0.2) is 39.1 Å². The van der Waals surface area contributed by atoms with Crippen LogP contribution in [0.2, 0.25) is 0 Å². The zero-order valence-corrected chi connectivity index (χ0v) is 22.8. The van der Waals surface area contributed by atoms with Crippen molar-refractivity contribution in [3.63, 3.8) is 0 Å². The van der Waals surface area contributed by atoms with Crippen LogP contribution in [0.5, 0.6) is 0 Å². The maximum atomic E-state index is 13.0. The molecule has 1 aromatic carbocycles. The van der Waals surface area contributed by atoms with Gasteiger partial charge in [-0.3, -0.25) is 4.57 Å². The summed E-state index contributed by atoms with van der Waals surface area (Å²) in [6.45, 7) is 1.97. The number of halogens is 1. The number of aromatic nitrogens is 3. The second-order valence-electron chi connectivity index (χ2n) is 8.92. The molecule has 194 valence electrons. The predicted octanol–water partition coefficient (Wildman–Crippen LogP) is 5.77. The van der Waals surface area contributed by atoms with E-state index in [0.29, 0.717) is 28.8 Å². The average molecular weight is 587 g/mol. The summed E-state index contributed by atoms with van der Waals surface area (Å²) in [5.74, 6) is 1.09. The Bertz CT molecular complexity index is 1280. The summed E-state index contributed by atoms with van der Waals surface area (Å²) >= 11 is 4.95. The standard InChI is InChI=1S/C26H28BrN5O4S/c1-2-35-24(33)21-19(28-25(34)29-22(21)20-9-6-14-36-20)15-37-26-31-30-23(16-10-12-17(27)13-11-16)32(26)18-7-4-3-5-8-18/h6,9-14,18,22H,2-5,7-8,15H2,1H3,(H2,28,29,34). The molecule has 1 aliphatic carbocycles. The van der Waals surface area contributed by atoms with Gasteiger partial charge >= 0.3 is 12.0 Å². The number of urea groups is 1. The highest BCUT2D eigenvalue weighted by Crippen LogP contribution is 2.37. The van der Waals surface area contributed by atoms with E-state index in [1.165, 1.54) is 24.4 Å². The molecule has 0 spiro atoms. The molecule has 2 N–H and O–H groups in total. The van der Waals surface area contributed by atoms with E-state index in [-0.39, 0.29) is 6.61 Å². The van der Waals surface area contributed by atoms with Gasteiger partial charge in [0, 0.05) is 27.5 Å². The van der Waals surface area contributed by atoms with Gasteiger partial charge in [0.05, 0.1) is 18.4 Å². The van der Waals surface area contributed by atoms with Crippen molar-refractivity contribution in [3.05, 3.63) is 64.2 Å². The first-order valence-corrected chi connectivity index (χ1v) is 14.2. The van der Waals surface area contributed by atoms with Gasteiger partial charge in [0.25, 0.3) is 0 Å². The first kappa shape index (κ1) is 25.6. The van der Waals surface area contributed by atoms with Crippen LogP contribution in [-0.2, 0) is 9.53 Å². The molecule has 2 amide bonds. The van der Waals surface area contributed by atoms with Crippen molar-refractivity contribution in [2.45, 2.75) is 56.3 Å². The molecule has 2 aliphatic rings. The van der Waals surface area contributed by atoms with Gasteiger partial charge in [0.1, 0.15) is 11.8 Å². The zero-order valence-electron chi connectivity index (χ0n) is 20.4. The Morgan fingerprint density at radius 3 is 2.68 bits per heavy atom. The number of hydrogen-bond acceptors (Lipinski definition) is 7. The summed E-state index contributed by atoms with van der Waals surface area (Å²) in [5.41, 5.74) is 1.78. The minimum absolute atomic E-state index is 0.216. The van der Waals surface area contributed by atoms with Gasteiger partial charge in [-0.1, -0.05) is 59.1 Å². The molecule has 0 radical (unpaired) electrons. The number of nitrogens with zero attached hydrogens (tertiary/aromatic N) is 3. The Kier molecular flexibility index (Phi) is 7.99. The Morgan fingerprint density at radius 1 is 1.19 bits per heavy atom. The fourth-order valence-electron chi connectivity index (χ4n) is 4.83. The van der Waals surface area contributed by atoms with Gasteiger partial charge in [-0.2, -0.15) is 0 Å². The second kappa shape index (κ2) is 11.6. The van der Waals surface area contributed by atoms with E-state index < -0.39 is 18.0 Å². The first-order valence-electron chi connectivity index (χ1n) is 12.4. The summed E-state index contributed by atoms with van der Waals surface area (Å²) < 4.78 is 14.1. The number of thioether (sulfide) groups is 1. The van der Waals surface area contributed by atoms with Crippen LogP contribution in [0.3, 0.4) is 0 Å². The lowest BCUT2D eigenvalue weighted by molar-refractivity contribution is -0.139. The molecule has 1 fully saturated rings. The number of carbonyl (C=O) groups is 2. The van der Waals surface area contributed by atoms with Gasteiger partial charge < -0.3 is 19.8 Å². The highest BCUT2D eigenvalue weighted by molar-refractivity contribution is 9.10. The number of esters is 1. The lowest BCUT2D eigenvalue weighted by Gasteiger charge is -2.28. The second-order valence-corrected chi connectivity index (χ2v) is 10.8. The molecule has 9 nitrogen and oxygen atoms in total. The third-order valence-corrected chi connectivity index (χ3v) is 8.03. The summed E-state index contributed by atoms with van der Waals surface area (Å²) in [7, 11) is 0. The molecule has 3 heterocycles. The van der Waals surface area contributed by atoms with Crippen molar-refractivity contribution >= 4 is 39.7 Å². The quantitative estimate of drug-likeness (QED) is 0.255. The van der Waals surface area contributed by atoms with E-state index in [2.05, 4.69) is 41.3 Å². The van der Waals surface area contributed by atoms with Crippen LogP contribution in [0.1, 0.15) is 56.9 Å². The highest BCUT2D eigenvalue weighted by atomic mass is 79.9. The number of ether oxygens (including phenoxy) is 1. The predicted molar refractivity (Wildman–Crippen MR) is 143 cm³/mol. The normalized spacial score (nSPS) is 18.4. The van der Waals surface area contributed by atoms with E-state index >= 15 is 0 Å². The molecular weight excluding hydrogens is 558 g/mol. The maximum absolute atomic E-state index is 13.0. The maximum Gasteiger partial charge on any atom is 0.338 e. The number of nitrogens with one attached hydrogen (secondary N) is 2. The van der Waals surface area contributed by atoms with Gasteiger partial charge in [-0.15, -0.1) is 10.2 Å². The van der Waals surface area contributed by atoms with Crippen LogP contribution >= 0.6 is 27.7 Å². The molecule has 37 heavy (non-hydrogen) atoms. The number of carbonyl (C=O) groups excluding carboxylic acids is 2. The molecule has 0 bridgehead atoms. The zero-order chi connectivity index (χ0) is 25.8. The van der Waals surface area contributed by atoms with E-state index in [1.54, 1.807) is 19.1 Å². The minimum atomic E-state index is -0.743. The van der Waals surface area contributed by atoms with Crippen molar-refractivity contribution in [2.75, 3.05) is 12.4 Å². The van der Waals surface area contributed by atoms with Crippen molar-refractivity contribution < 1.29 is 18.7 Å². The van der Waals surface area contributed by atoms with Gasteiger partial charge in [-0.05, 0) is 44.0 Å². The summed E-state index contributed by atoms with van der Waals surface area (Å²) in [6.07, 6.45) is 7.20. The largest absolute Gasteiger partial charge is 0.467 e. The Hall–Kier alpha value is -3.05. The smallest absolute Gasteiger partial charge is 0.338 e. The molecule has 1 atom stereocenters. The van der Waals surface area contributed by atoms with Crippen molar-refractivity contribution in [3.8, 4) is 11.4 Å². The summed E-state index contributed by atoms with van der Waals surface area (Å²) in [5, 5.41) is 15.5. The topological polar surface area (TPSA) is 111 Å². The fraction of sp³-hybridized carbons (Fsp3) is 0.385. The molecule has 3 aromatic rings. The number of rotatable bonds is 8. The third kappa shape index (κ3) is 5.62. The van der Waals surface area contributed by atoms with Crippen molar-refractivity contribution in [1.82, 2.24) is 25.4 Å².